The van der Waals surface area contributed by atoms with Crippen LogP contribution in [0.2, 0.25) is 0 Å². The minimum Gasteiger partial charge on any atom is -0.377 e. The summed E-state index contributed by atoms with van der Waals surface area (Å²) in [6, 6.07) is 0. The number of rotatable bonds is 3. The van der Waals surface area contributed by atoms with Gasteiger partial charge in [-0.05, 0) is 0 Å². The quantitative estimate of drug-likeness (QED) is 0.752. The lowest BCUT2D eigenvalue weighted by Crippen LogP contribution is -1.97. The van der Waals surface area contributed by atoms with E-state index in [0.29, 0.717) is 0 Å². The molecule has 0 aliphatic rings. The summed E-state index contributed by atoms with van der Waals surface area (Å²) < 4.78 is 0. The SMILES string of the molecule is c1nc(CNc2cn[nH]c2)cs1. The summed E-state index contributed by atoms with van der Waals surface area (Å²) in [5, 5.41) is 11.7. The Morgan fingerprint density at radius 3 is 3.25 bits per heavy atom. The van der Waals surface area contributed by atoms with Gasteiger partial charge in [-0.25, -0.2) is 4.98 Å². The van der Waals surface area contributed by atoms with Gasteiger partial charge in [-0.3, -0.25) is 5.10 Å². The first-order valence-electron chi connectivity index (χ1n) is 3.55. The number of H-pyrrole nitrogens is 1. The number of thiazole rings is 1. The molecule has 2 heterocycles. The number of nitrogens with one attached hydrogen (secondary N) is 2. The third-order valence-electron chi connectivity index (χ3n) is 1.46. The first-order chi connectivity index (χ1) is 5.95. The molecule has 62 valence electrons. The predicted octanol–water partition coefficient (Wildman–Crippen LogP) is 1.48. The molecule has 0 bridgehead atoms. The van der Waals surface area contributed by atoms with E-state index in [9.17, 15) is 0 Å². The summed E-state index contributed by atoms with van der Waals surface area (Å²) in [6.07, 6.45) is 3.55. The van der Waals surface area contributed by atoms with Gasteiger partial charge in [-0.1, -0.05) is 0 Å². The van der Waals surface area contributed by atoms with E-state index < -0.39 is 0 Å². The molecule has 0 unspecified atom stereocenters. The van der Waals surface area contributed by atoms with Gasteiger partial charge in [-0.15, -0.1) is 11.3 Å². The van der Waals surface area contributed by atoms with Gasteiger partial charge in [0.1, 0.15) is 0 Å². The average molecular weight is 180 g/mol. The van der Waals surface area contributed by atoms with E-state index in [1.165, 1.54) is 0 Å². The maximum Gasteiger partial charge on any atom is 0.0795 e. The molecule has 0 radical (unpaired) electrons. The Bertz CT molecular complexity index is 279. The Labute approximate surface area is 73.7 Å². The van der Waals surface area contributed by atoms with Gasteiger partial charge in [0.15, 0.2) is 0 Å². The molecular weight excluding hydrogens is 172 g/mol. The first-order valence-corrected chi connectivity index (χ1v) is 4.49. The Balaban J connectivity index is 1.91. The number of aromatic amines is 1. The van der Waals surface area contributed by atoms with E-state index in [0.717, 1.165) is 17.9 Å². The van der Waals surface area contributed by atoms with Crippen LogP contribution in [0.4, 0.5) is 5.69 Å². The zero-order chi connectivity index (χ0) is 8.23. The van der Waals surface area contributed by atoms with Crippen LogP contribution in [-0.4, -0.2) is 15.2 Å². The van der Waals surface area contributed by atoms with Crippen LogP contribution in [0.3, 0.4) is 0 Å². The highest BCUT2D eigenvalue weighted by Crippen LogP contribution is 2.05. The van der Waals surface area contributed by atoms with Gasteiger partial charge in [0.2, 0.25) is 0 Å². The van der Waals surface area contributed by atoms with Gasteiger partial charge in [0, 0.05) is 11.6 Å². The molecular formula is C7H8N4S. The lowest BCUT2D eigenvalue weighted by molar-refractivity contribution is 1.07. The van der Waals surface area contributed by atoms with Crippen LogP contribution in [0.5, 0.6) is 0 Å². The summed E-state index contributed by atoms with van der Waals surface area (Å²) in [5.74, 6) is 0. The van der Waals surface area contributed by atoms with Crippen molar-refractivity contribution in [1.29, 1.82) is 0 Å². The van der Waals surface area contributed by atoms with Crippen molar-refractivity contribution in [2.24, 2.45) is 0 Å². The minimum absolute atomic E-state index is 0.753. The van der Waals surface area contributed by atoms with E-state index in [4.69, 9.17) is 0 Å². The maximum absolute atomic E-state index is 4.14. The minimum atomic E-state index is 0.753. The van der Waals surface area contributed by atoms with E-state index in [2.05, 4.69) is 20.5 Å². The molecule has 12 heavy (non-hydrogen) atoms. The zero-order valence-corrected chi connectivity index (χ0v) is 7.14. The number of anilines is 1. The van der Waals surface area contributed by atoms with Crippen molar-refractivity contribution in [1.82, 2.24) is 15.2 Å². The summed E-state index contributed by atoms with van der Waals surface area (Å²) in [7, 11) is 0. The molecule has 0 aromatic carbocycles. The van der Waals surface area contributed by atoms with E-state index in [1.807, 2.05) is 17.1 Å². The Morgan fingerprint density at radius 2 is 2.58 bits per heavy atom. The molecule has 0 saturated carbocycles. The molecule has 0 saturated heterocycles. The molecule has 2 aromatic rings. The first kappa shape index (κ1) is 7.30. The molecule has 0 aliphatic carbocycles. The molecule has 0 fully saturated rings. The van der Waals surface area contributed by atoms with Crippen molar-refractivity contribution in [2.75, 3.05) is 5.32 Å². The van der Waals surface area contributed by atoms with Crippen LogP contribution in [0.1, 0.15) is 5.69 Å². The molecule has 2 aromatic heterocycles. The third kappa shape index (κ3) is 1.62. The monoisotopic (exact) mass is 180 g/mol. The zero-order valence-electron chi connectivity index (χ0n) is 6.32. The Kier molecular flexibility index (Phi) is 2.04. The van der Waals surface area contributed by atoms with Crippen LogP contribution in [0, 0.1) is 0 Å². The van der Waals surface area contributed by atoms with Crippen molar-refractivity contribution >= 4 is 17.0 Å². The normalized spacial score (nSPS) is 10.0. The van der Waals surface area contributed by atoms with Gasteiger partial charge < -0.3 is 5.32 Å². The largest absolute Gasteiger partial charge is 0.377 e. The molecule has 2 rings (SSSR count). The molecule has 0 spiro atoms. The summed E-state index contributed by atoms with van der Waals surface area (Å²) >= 11 is 1.60. The maximum atomic E-state index is 4.14. The number of nitrogens with zero attached hydrogens (tertiary/aromatic N) is 2. The van der Waals surface area contributed by atoms with Crippen LogP contribution in [-0.2, 0) is 6.54 Å². The fourth-order valence-corrected chi connectivity index (χ4v) is 1.42. The van der Waals surface area contributed by atoms with Crippen LogP contribution in [0.15, 0.2) is 23.3 Å². The van der Waals surface area contributed by atoms with Crippen molar-refractivity contribution in [3.63, 3.8) is 0 Å². The highest BCUT2D eigenvalue weighted by Gasteiger charge is 1.94. The predicted molar refractivity (Wildman–Crippen MR) is 48.0 cm³/mol. The van der Waals surface area contributed by atoms with Crippen molar-refractivity contribution in [3.05, 3.63) is 29.0 Å². The van der Waals surface area contributed by atoms with Crippen LogP contribution in [0.25, 0.3) is 0 Å². The van der Waals surface area contributed by atoms with Crippen molar-refractivity contribution in [3.8, 4) is 0 Å². The molecule has 0 atom stereocenters. The topological polar surface area (TPSA) is 53.6 Å². The van der Waals surface area contributed by atoms with Gasteiger partial charge >= 0.3 is 0 Å². The van der Waals surface area contributed by atoms with Crippen molar-refractivity contribution in [2.45, 2.75) is 6.54 Å². The van der Waals surface area contributed by atoms with E-state index in [1.54, 1.807) is 17.5 Å². The summed E-state index contributed by atoms with van der Waals surface area (Å²) in [5.41, 5.74) is 3.87. The number of hydrogen-bond donors (Lipinski definition) is 2. The molecule has 0 amide bonds. The molecule has 2 N–H and O–H groups in total. The smallest absolute Gasteiger partial charge is 0.0795 e. The van der Waals surface area contributed by atoms with E-state index in [-0.39, 0.29) is 0 Å². The van der Waals surface area contributed by atoms with Gasteiger partial charge in [0.25, 0.3) is 0 Å². The second-order valence-electron chi connectivity index (χ2n) is 2.32. The second-order valence-corrected chi connectivity index (χ2v) is 3.04. The highest BCUT2D eigenvalue weighted by atomic mass is 32.1. The Morgan fingerprint density at radius 1 is 1.58 bits per heavy atom. The standard InChI is InChI=1S/C7H8N4S/c1(7-4-12-5-9-7)8-6-2-10-11-3-6/h2-5,8H,1H2,(H,10,11). The summed E-state index contributed by atoms with van der Waals surface area (Å²) in [4.78, 5) is 4.14. The summed E-state index contributed by atoms with van der Waals surface area (Å²) in [6.45, 7) is 0.753. The number of aromatic nitrogens is 3. The van der Waals surface area contributed by atoms with E-state index >= 15 is 0 Å². The lowest BCUT2D eigenvalue weighted by atomic mass is 10.4. The number of hydrogen-bond acceptors (Lipinski definition) is 4. The fraction of sp³-hybridized carbons (Fsp3) is 0.143. The fourth-order valence-electron chi connectivity index (χ4n) is 0.865. The second kappa shape index (κ2) is 3.36. The van der Waals surface area contributed by atoms with Crippen LogP contribution >= 0.6 is 11.3 Å². The Hall–Kier alpha value is -1.36. The van der Waals surface area contributed by atoms with Gasteiger partial charge in [-0.2, -0.15) is 5.10 Å². The average Bonchev–Trinajstić information content (AvgIpc) is 2.74. The molecule has 4 nitrogen and oxygen atoms in total. The third-order valence-corrected chi connectivity index (χ3v) is 2.09. The highest BCUT2D eigenvalue weighted by molar-refractivity contribution is 7.07. The van der Waals surface area contributed by atoms with Crippen LogP contribution < -0.4 is 5.32 Å². The molecule has 0 aliphatic heterocycles. The van der Waals surface area contributed by atoms with Gasteiger partial charge in [0.05, 0.1) is 29.6 Å². The van der Waals surface area contributed by atoms with Crippen molar-refractivity contribution < 1.29 is 0 Å². The molecule has 5 heteroatoms. The lowest BCUT2D eigenvalue weighted by Gasteiger charge is -1.97.